The Kier molecular flexibility index (Phi) is 4.71. The van der Waals surface area contributed by atoms with Gasteiger partial charge in [0.15, 0.2) is 5.58 Å². The van der Waals surface area contributed by atoms with Gasteiger partial charge in [0.25, 0.3) is 11.6 Å². The number of aromatic nitrogens is 1. The first-order valence-corrected chi connectivity index (χ1v) is 10.1. The van der Waals surface area contributed by atoms with Crippen molar-refractivity contribution in [2.75, 3.05) is 6.54 Å². The van der Waals surface area contributed by atoms with Gasteiger partial charge in [0, 0.05) is 24.2 Å². The highest BCUT2D eigenvalue weighted by Crippen LogP contribution is 2.35. The minimum Gasteiger partial charge on any atom is -0.438 e. The summed E-state index contributed by atoms with van der Waals surface area (Å²) in [6.07, 6.45) is 1.55. The molecule has 3 aromatic carbocycles. The van der Waals surface area contributed by atoms with Crippen LogP contribution in [-0.2, 0) is 0 Å². The molecule has 1 aliphatic heterocycles. The predicted octanol–water partition coefficient (Wildman–Crippen LogP) is 5.38. The van der Waals surface area contributed by atoms with Crippen LogP contribution in [0.1, 0.15) is 35.1 Å². The highest BCUT2D eigenvalue weighted by atomic mass is 16.6. The molecule has 1 aliphatic rings. The molecular weight excluding hydrogens is 394 g/mol. The molecule has 1 aromatic heterocycles. The average molecular weight is 413 g/mol. The van der Waals surface area contributed by atoms with E-state index in [1.54, 1.807) is 11.0 Å². The van der Waals surface area contributed by atoms with Gasteiger partial charge in [-0.25, -0.2) is 4.98 Å². The van der Waals surface area contributed by atoms with E-state index in [4.69, 9.17) is 4.42 Å². The lowest BCUT2D eigenvalue weighted by atomic mass is 10.1. The van der Waals surface area contributed by atoms with Gasteiger partial charge in [0.1, 0.15) is 11.6 Å². The largest absolute Gasteiger partial charge is 0.438 e. The number of hydrogen-bond acceptors (Lipinski definition) is 5. The number of fused-ring (bicyclic) bond motifs is 1. The summed E-state index contributed by atoms with van der Waals surface area (Å²) in [4.78, 5) is 30.0. The Morgan fingerprint density at radius 2 is 1.87 bits per heavy atom. The number of likely N-dealkylation sites (tertiary alicyclic amines) is 1. The number of nitro benzene ring substituents is 1. The van der Waals surface area contributed by atoms with Crippen LogP contribution in [0.15, 0.2) is 77.2 Å². The molecule has 7 nitrogen and oxygen atoms in total. The van der Waals surface area contributed by atoms with Crippen LogP contribution in [0.3, 0.4) is 0 Å². The highest BCUT2D eigenvalue weighted by molar-refractivity contribution is 5.95. The van der Waals surface area contributed by atoms with Crippen LogP contribution in [0.25, 0.3) is 22.2 Å². The highest BCUT2D eigenvalue weighted by Gasteiger charge is 2.34. The van der Waals surface area contributed by atoms with Crippen LogP contribution in [0.2, 0.25) is 0 Å². The molecular formula is C24H19N3O4. The van der Waals surface area contributed by atoms with Crippen molar-refractivity contribution < 1.29 is 14.1 Å². The van der Waals surface area contributed by atoms with E-state index in [2.05, 4.69) is 4.98 Å². The molecule has 154 valence electrons. The molecule has 1 saturated heterocycles. The van der Waals surface area contributed by atoms with E-state index in [1.807, 2.05) is 48.5 Å². The molecule has 0 unspecified atom stereocenters. The third-order valence-electron chi connectivity index (χ3n) is 5.61. The second-order valence-corrected chi connectivity index (χ2v) is 7.56. The quantitative estimate of drug-likeness (QED) is 0.331. The van der Waals surface area contributed by atoms with Crippen molar-refractivity contribution in [1.82, 2.24) is 9.88 Å². The van der Waals surface area contributed by atoms with Crippen molar-refractivity contribution in [2.24, 2.45) is 0 Å². The van der Waals surface area contributed by atoms with Crippen LogP contribution in [0.5, 0.6) is 0 Å². The number of benzene rings is 3. The summed E-state index contributed by atoms with van der Waals surface area (Å²) < 4.78 is 6.01. The fourth-order valence-electron chi connectivity index (χ4n) is 4.08. The lowest BCUT2D eigenvalue weighted by Gasteiger charge is -2.22. The molecule has 0 radical (unpaired) electrons. The number of carbonyl (C=O) groups excluding carboxylic acids is 1. The van der Waals surface area contributed by atoms with Crippen LogP contribution in [0, 0.1) is 10.1 Å². The number of carbonyl (C=O) groups is 1. The fraction of sp³-hybridized carbons (Fsp3) is 0.167. The van der Waals surface area contributed by atoms with Crippen LogP contribution >= 0.6 is 0 Å². The minimum atomic E-state index is -0.497. The molecule has 31 heavy (non-hydrogen) atoms. The summed E-state index contributed by atoms with van der Waals surface area (Å²) in [5, 5.41) is 11.1. The molecule has 0 N–H and O–H groups in total. The number of rotatable bonds is 4. The maximum atomic E-state index is 13.1. The molecule has 0 bridgehead atoms. The number of non-ortho nitro benzene ring substituents is 1. The van der Waals surface area contributed by atoms with E-state index in [0.717, 1.165) is 29.5 Å². The number of nitrogens with zero attached hydrogens (tertiary/aromatic N) is 3. The van der Waals surface area contributed by atoms with Gasteiger partial charge in [-0.3, -0.25) is 14.9 Å². The molecule has 1 atom stereocenters. The second-order valence-electron chi connectivity index (χ2n) is 7.56. The third kappa shape index (κ3) is 3.54. The molecule has 1 amide bonds. The number of amides is 1. The predicted molar refractivity (Wildman–Crippen MR) is 116 cm³/mol. The Morgan fingerprint density at radius 3 is 2.68 bits per heavy atom. The lowest BCUT2D eigenvalue weighted by molar-refractivity contribution is -0.384. The molecule has 0 saturated carbocycles. The van der Waals surface area contributed by atoms with Crippen molar-refractivity contribution in [3.63, 3.8) is 0 Å². The first-order valence-electron chi connectivity index (χ1n) is 10.1. The smallest absolute Gasteiger partial charge is 0.270 e. The molecule has 0 spiro atoms. The fourth-order valence-corrected chi connectivity index (χ4v) is 4.08. The van der Waals surface area contributed by atoms with E-state index >= 15 is 0 Å². The molecule has 2 heterocycles. The van der Waals surface area contributed by atoms with E-state index < -0.39 is 4.92 Å². The van der Waals surface area contributed by atoms with Gasteiger partial charge in [-0.05, 0) is 42.2 Å². The zero-order valence-corrected chi connectivity index (χ0v) is 16.6. The molecule has 0 aliphatic carbocycles. The summed E-state index contributed by atoms with van der Waals surface area (Å²) in [7, 11) is 0. The first kappa shape index (κ1) is 19.0. The Hall–Kier alpha value is -4.00. The van der Waals surface area contributed by atoms with Crippen LogP contribution < -0.4 is 0 Å². The van der Waals surface area contributed by atoms with Gasteiger partial charge < -0.3 is 9.32 Å². The lowest BCUT2D eigenvalue weighted by Crippen LogP contribution is -2.30. The molecule has 7 heteroatoms. The van der Waals surface area contributed by atoms with Gasteiger partial charge in [-0.2, -0.15) is 0 Å². The maximum Gasteiger partial charge on any atom is 0.270 e. The van der Waals surface area contributed by atoms with Gasteiger partial charge in [0.05, 0.1) is 4.92 Å². The SMILES string of the molecule is O=C(c1cccc([N+](=O)[O-])c1)N1CCC[C@H]1c1nc2cc(-c3ccccc3)ccc2o1. The Morgan fingerprint density at radius 1 is 1.03 bits per heavy atom. The third-order valence-corrected chi connectivity index (χ3v) is 5.61. The zero-order valence-electron chi connectivity index (χ0n) is 16.6. The van der Waals surface area contributed by atoms with Gasteiger partial charge in [-0.15, -0.1) is 0 Å². The van der Waals surface area contributed by atoms with E-state index in [1.165, 1.54) is 18.2 Å². The van der Waals surface area contributed by atoms with Crippen molar-refractivity contribution in [3.8, 4) is 11.1 Å². The second kappa shape index (κ2) is 7.68. The van der Waals surface area contributed by atoms with E-state index in [0.29, 0.717) is 23.6 Å². The number of nitro groups is 1. The van der Waals surface area contributed by atoms with Gasteiger partial charge in [-0.1, -0.05) is 42.5 Å². The van der Waals surface area contributed by atoms with Crippen molar-refractivity contribution in [1.29, 1.82) is 0 Å². The topological polar surface area (TPSA) is 89.5 Å². The summed E-state index contributed by atoms with van der Waals surface area (Å²) in [5.74, 6) is 0.245. The van der Waals surface area contributed by atoms with Crippen molar-refractivity contribution >= 4 is 22.7 Å². The molecule has 1 fully saturated rings. The van der Waals surface area contributed by atoms with E-state index in [9.17, 15) is 14.9 Å². The Bertz CT molecular complexity index is 1280. The Labute approximate surface area is 178 Å². The Balaban J connectivity index is 1.45. The average Bonchev–Trinajstić information content (AvgIpc) is 3.45. The normalized spacial score (nSPS) is 16.0. The van der Waals surface area contributed by atoms with Crippen molar-refractivity contribution in [3.05, 3.63) is 94.4 Å². The zero-order chi connectivity index (χ0) is 21.4. The van der Waals surface area contributed by atoms with Crippen LogP contribution in [-0.4, -0.2) is 27.3 Å². The molecule has 4 aromatic rings. The minimum absolute atomic E-state index is 0.100. The monoisotopic (exact) mass is 413 g/mol. The summed E-state index contributed by atoms with van der Waals surface area (Å²) in [5.41, 5.74) is 3.75. The number of hydrogen-bond donors (Lipinski definition) is 0. The van der Waals surface area contributed by atoms with Crippen LogP contribution in [0.4, 0.5) is 5.69 Å². The summed E-state index contributed by atoms with van der Waals surface area (Å²) in [6, 6.07) is 21.4. The van der Waals surface area contributed by atoms with Gasteiger partial charge in [0.2, 0.25) is 5.89 Å². The van der Waals surface area contributed by atoms with E-state index in [-0.39, 0.29) is 17.6 Å². The van der Waals surface area contributed by atoms with Crippen molar-refractivity contribution in [2.45, 2.75) is 18.9 Å². The van der Waals surface area contributed by atoms with Gasteiger partial charge >= 0.3 is 0 Å². The standard InChI is InChI=1S/C24H19N3O4/c28-24(18-8-4-9-19(14-18)27(29)30)26-13-5-10-21(26)23-25-20-15-17(11-12-22(20)31-23)16-6-2-1-3-7-16/h1-4,6-9,11-12,14-15,21H,5,10,13H2/t21-/m0/s1. The first-order chi connectivity index (χ1) is 15.1. The summed E-state index contributed by atoms with van der Waals surface area (Å²) in [6.45, 7) is 0.556. The summed E-state index contributed by atoms with van der Waals surface area (Å²) >= 11 is 0. The maximum absolute atomic E-state index is 13.1. The number of oxazole rings is 1. The molecule has 5 rings (SSSR count).